The van der Waals surface area contributed by atoms with Gasteiger partial charge in [-0.25, -0.2) is 0 Å². The van der Waals surface area contributed by atoms with Crippen LogP contribution in [0.2, 0.25) is 0 Å². The van der Waals surface area contributed by atoms with Crippen molar-refractivity contribution in [1.29, 1.82) is 0 Å². The summed E-state index contributed by atoms with van der Waals surface area (Å²) in [6.07, 6.45) is 19.3. The molecule has 3 aliphatic rings. The van der Waals surface area contributed by atoms with Crippen LogP contribution in [0.15, 0.2) is 0 Å². The molecule has 0 aromatic heterocycles. The fourth-order valence-corrected chi connectivity index (χ4v) is 5.12. The lowest BCUT2D eigenvalue weighted by Gasteiger charge is -2.38. The molecule has 0 nitrogen and oxygen atoms in total. The average Bonchev–Trinajstić information content (AvgIpc) is 2.51. The molecule has 0 aromatic carbocycles. The first-order valence-electron chi connectivity index (χ1n) is 9.89. The average molecular weight is 289 g/mol. The highest BCUT2D eigenvalue weighted by Crippen LogP contribution is 2.45. The molecule has 3 fully saturated rings. The van der Waals surface area contributed by atoms with Crippen molar-refractivity contribution in [3.63, 3.8) is 0 Å². The third kappa shape index (κ3) is 4.49. The zero-order valence-corrected chi connectivity index (χ0v) is 14.5. The van der Waals surface area contributed by atoms with Crippen molar-refractivity contribution < 1.29 is 0 Å². The molecule has 0 heterocycles. The van der Waals surface area contributed by atoms with Crippen LogP contribution < -0.4 is 0 Å². The summed E-state index contributed by atoms with van der Waals surface area (Å²) in [5, 5.41) is 0. The molecular formula is C21H36. The Kier molecular flexibility index (Phi) is 5.68. The summed E-state index contributed by atoms with van der Waals surface area (Å²) in [7, 11) is 0. The molecule has 0 N–H and O–H groups in total. The number of rotatable bonds is 3. The highest BCUT2D eigenvalue weighted by Gasteiger charge is 2.31. The Hall–Kier alpha value is 0. The molecule has 0 heteroatoms. The molecule has 21 heavy (non-hydrogen) atoms. The van der Waals surface area contributed by atoms with Crippen LogP contribution in [-0.4, -0.2) is 0 Å². The van der Waals surface area contributed by atoms with Crippen LogP contribution in [0.5, 0.6) is 0 Å². The van der Waals surface area contributed by atoms with Gasteiger partial charge in [0.1, 0.15) is 0 Å². The van der Waals surface area contributed by atoms with Crippen LogP contribution in [0.4, 0.5) is 0 Å². The lowest BCUT2D eigenvalue weighted by molar-refractivity contribution is 0.255. The molecule has 3 aliphatic carbocycles. The van der Waals surface area contributed by atoms with Crippen LogP contribution in [0.1, 0.15) is 97.3 Å². The van der Waals surface area contributed by atoms with Gasteiger partial charge in [0.15, 0.2) is 0 Å². The predicted octanol–water partition coefficient (Wildman–Crippen LogP) is 6.75. The van der Waals surface area contributed by atoms with E-state index >= 15 is 0 Å². The van der Waals surface area contributed by atoms with E-state index in [0.717, 1.165) is 23.7 Å². The van der Waals surface area contributed by atoms with Crippen LogP contribution in [0, 0.1) is 35.5 Å². The molecule has 0 aliphatic heterocycles. The van der Waals surface area contributed by atoms with Crippen molar-refractivity contribution in [1.82, 2.24) is 0 Å². The second kappa shape index (κ2) is 7.51. The Labute approximate surface area is 133 Å². The minimum Gasteiger partial charge on any atom is -0.0625 e. The molecule has 0 amide bonds. The van der Waals surface area contributed by atoms with Crippen molar-refractivity contribution in [3.8, 4) is 0 Å². The molecular weight excluding hydrogens is 252 g/mol. The van der Waals surface area contributed by atoms with Crippen molar-refractivity contribution >= 4 is 0 Å². The predicted molar refractivity (Wildman–Crippen MR) is 91.8 cm³/mol. The molecule has 0 spiro atoms. The zero-order valence-electron chi connectivity index (χ0n) is 14.5. The molecule has 3 rings (SSSR count). The SMILES string of the molecule is CC1CC[C](C2CC[C](CC3CCC(C)CC3)CC2)CC1. The Balaban J connectivity index is 1.37. The first-order chi connectivity index (χ1) is 10.2. The van der Waals surface area contributed by atoms with E-state index in [1.54, 1.807) is 0 Å². The first-order valence-corrected chi connectivity index (χ1v) is 9.89. The van der Waals surface area contributed by atoms with Crippen LogP contribution >= 0.6 is 0 Å². The first kappa shape index (κ1) is 15.9. The number of hydrogen-bond acceptors (Lipinski definition) is 0. The number of hydrogen-bond donors (Lipinski definition) is 0. The third-order valence-electron chi connectivity index (χ3n) is 6.90. The summed E-state index contributed by atoms with van der Waals surface area (Å²) < 4.78 is 0. The third-order valence-corrected chi connectivity index (χ3v) is 6.90. The van der Waals surface area contributed by atoms with Gasteiger partial charge in [0.25, 0.3) is 0 Å². The van der Waals surface area contributed by atoms with Crippen LogP contribution in [0.3, 0.4) is 0 Å². The van der Waals surface area contributed by atoms with Gasteiger partial charge in [0, 0.05) is 0 Å². The van der Waals surface area contributed by atoms with Crippen molar-refractivity contribution in [3.05, 3.63) is 11.8 Å². The van der Waals surface area contributed by atoms with Gasteiger partial charge in [-0.2, -0.15) is 0 Å². The smallest absolute Gasteiger partial charge is 0.0210 e. The van der Waals surface area contributed by atoms with Gasteiger partial charge in [-0.15, -0.1) is 0 Å². The topological polar surface area (TPSA) is 0 Å². The van der Waals surface area contributed by atoms with Gasteiger partial charge in [-0.05, 0) is 80.5 Å². The van der Waals surface area contributed by atoms with Crippen molar-refractivity contribution in [2.45, 2.75) is 97.3 Å². The minimum atomic E-state index is 0.994. The largest absolute Gasteiger partial charge is 0.0625 e. The van der Waals surface area contributed by atoms with Crippen LogP contribution in [0.25, 0.3) is 0 Å². The van der Waals surface area contributed by atoms with E-state index in [1.807, 2.05) is 11.8 Å². The highest BCUT2D eigenvalue weighted by atomic mass is 14.4. The Morgan fingerprint density at radius 2 is 1.24 bits per heavy atom. The molecule has 0 atom stereocenters. The van der Waals surface area contributed by atoms with E-state index in [0.29, 0.717) is 0 Å². The van der Waals surface area contributed by atoms with Gasteiger partial charge in [-0.3, -0.25) is 0 Å². The van der Waals surface area contributed by atoms with E-state index in [2.05, 4.69) is 13.8 Å². The van der Waals surface area contributed by atoms with Gasteiger partial charge < -0.3 is 0 Å². The van der Waals surface area contributed by atoms with E-state index in [9.17, 15) is 0 Å². The van der Waals surface area contributed by atoms with Gasteiger partial charge in [0.2, 0.25) is 0 Å². The fraction of sp³-hybridized carbons (Fsp3) is 0.905. The Bertz CT molecular complexity index is 283. The second-order valence-electron chi connectivity index (χ2n) is 8.70. The maximum Gasteiger partial charge on any atom is -0.0210 e. The monoisotopic (exact) mass is 288 g/mol. The maximum absolute atomic E-state index is 2.44. The molecule has 0 saturated heterocycles. The lowest BCUT2D eigenvalue weighted by Crippen LogP contribution is -2.24. The summed E-state index contributed by atoms with van der Waals surface area (Å²) in [6, 6.07) is 0. The summed E-state index contributed by atoms with van der Waals surface area (Å²) in [4.78, 5) is 0. The quantitative estimate of drug-likeness (QED) is 0.538. The second-order valence-corrected chi connectivity index (χ2v) is 8.70. The molecule has 120 valence electrons. The Morgan fingerprint density at radius 1 is 0.667 bits per heavy atom. The fourth-order valence-electron chi connectivity index (χ4n) is 5.12. The van der Waals surface area contributed by atoms with Gasteiger partial charge in [-0.1, -0.05) is 52.4 Å². The van der Waals surface area contributed by atoms with Gasteiger partial charge in [0.05, 0.1) is 0 Å². The molecule has 2 radical (unpaired) electrons. The van der Waals surface area contributed by atoms with Crippen molar-refractivity contribution in [2.75, 3.05) is 0 Å². The lowest BCUT2D eigenvalue weighted by atomic mass is 9.67. The van der Waals surface area contributed by atoms with E-state index in [-0.39, 0.29) is 0 Å². The standard InChI is InChI=1S/C21H36/c1-16-3-7-18(8-4-16)15-19-9-13-21(14-10-19)20-11-5-17(2)6-12-20/h16-18,21H,3-15H2,1-2H3. The molecule has 0 bridgehead atoms. The normalized spacial score (nSPS) is 35.1. The van der Waals surface area contributed by atoms with E-state index in [4.69, 9.17) is 0 Å². The van der Waals surface area contributed by atoms with E-state index in [1.165, 1.54) is 83.5 Å². The highest BCUT2D eigenvalue weighted by molar-refractivity contribution is 5.06. The summed E-state index contributed by atoms with van der Waals surface area (Å²) >= 11 is 0. The van der Waals surface area contributed by atoms with E-state index < -0.39 is 0 Å². The van der Waals surface area contributed by atoms with Crippen LogP contribution in [-0.2, 0) is 0 Å². The molecule has 0 aromatic rings. The van der Waals surface area contributed by atoms with Crippen molar-refractivity contribution in [2.24, 2.45) is 23.7 Å². The Morgan fingerprint density at radius 3 is 1.86 bits per heavy atom. The summed E-state index contributed by atoms with van der Waals surface area (Å²) in [5.74, 6) is 7.96. The minimum absolute atomic E-state index is 0.994. The maximum atomic E-state index is 2.44. The zero-order chi connectivity index (χ0) is 14.7. The summed E-state index contributed by atoms with van der Waals surface area (Å²) in [5.41, 5.74) is 0. The molecule has 3 saturated carbocycles. The molecule has 0 unspecified atom stereocenters. The summed E-state index contributed by atoms with van der Waals surface area (Å²) in [6.45, 7) is 4.88. The van der Waals surface area contributed by atoms with Gasteiger partial charge >= 0.3 is 0 Å².